The van der Waals surface area contributed by atoms with Crippen LogP contribution in [0.1, 0.15) is 12.0 Å². The van der Waals surface area contributed by atoms with Crippen LogP contribution in [0.5, 0.6) is 0 Å². The fourth-order valence-corrected chi connectivity index (χ4v) is 2.24. The van der Waals surface area contributed by atoms with Gasteiger partial charge < -0.3 is 4.90 Å². The minimum atomic E-state index is 0.470. The number of benzene rings is 1. The average molecular weight is 221 g/mol. The monoisotopic (exact) mass is 221 g/mol. The van der Waals surface area contributed by atoms with E-state index in [2.05, 4.69) is 78.0 Å². The van der Waals surface area contributed by atoms with Gasteiger partial charge in [-0.15, -0.1) is 0 Å². The third kappa shape index (κ3) is 2.09. The van der Waals surface area contributed by atoms with E-state index in [1.54, 1.807) is 0 Å². The highest BCUT2D eigenvalue weighted by Gasteiger charge is 2.13. The molecule has 1 atom stereocenters. The van der Waals surface area contributed by atoms with Crippen molar-refractivity contribution in [1.29, 1.82) is 0 Å². The number of hydrogen-bond acceptors (Lipinski definition) is 1. The smallest absolute Gasteiger partial charge is 0.0548 e. The summed E-state index contributed by atoms with van der Waals surface area (Å²) in [6.07, 6.45) is 16.3. The van der Waals surface area contributed by atoms with Crippen molar-refractivity contribution in [1.82, 2.24) is 4.90 Å². The van der Waals surface area contributed by atoms with E-state index in [4.69, 9.17) is 0 Å². The van der Waals surface area contributed by atoms with Crippen LogP contribution in [0, 0.1) is 0 Å². The Morgan fingerprint density at radius 1 is 1.00 bits per heavy atom. The third-order valence-corrected chi connectivity index (χ3v) is 3.20. The summed E-state index contributed by atoms with van der Waals surface area (Å²) in [4.78, 5) is 2.26. The molecule has 17 heavy (non-hydrogen) atoms. The van der Waals surface area contributed by atoms with Gasteiger partial charge in [-0.1, -0.05) is 48.6 Å². The van der Waals surface area contributed by atoms with Crippen molar-refractivity contribution in [3.63, 3.8) is 0 Å². The van der Waals surface area contributed by atoms with Gasteiger partial charge in [0.05, 0.1) is 6.04 Å². The molecule has 1 aromatic rings. The first-order valence-electron chi connectivity index (χ1n) is 6.00. The van der Waals surface area contributed by atoms with Crippen molar-refractivity contribution in [2.24, 2.45) is 0 Å². The molecule has 0 radical (unpaired) electrons. The van der Waals surface area contributed by atoms with E-state index in [0.29, 0.717) is 6.04 Å². The summed E-state index contributed by atoms with van der Waals surface area (Å²) in [5.41, 5.74) is 2.60. The van der Waals surface area contributed by atoms with Crippen molar-refractivity contribution in [3.8, 4) is 0 Å². The molecule has 0 bridgehead atoms. The second kappa shape index (κ2) is 4.46. The molecule has 1 aromatic carbocycles. The summed E-state index contributed by atoms with van der Waals surface area (Å²) in [5.74, 6) is 0. The van der Waals surface area contributed by atoms with Crippen LogP contribution < -0.4 is 0 Å². The van der Waals surface area contributed by atoms with Crippen molar-refractivity contribution < 1.29 is 0 Å². The van der Waals surface area contributed by atoms with E-state index < -0.39 is 0 Å². The Labute approximate surface area is 102 Å². The van der Waals surface area contributed by atoms with Gasteiger partial charge in [-0.25, -0.2) is 0 Å². The van der Waals surface area contributed by atoms with Crippen molar-refractivity contribution >= 4 is 5.57 Å². The topological polar surface area (TPSA) is 3.24 Å². The summed E-state index contributed by atoms with van der Waals surface area (Å²) in [5, 5.41) is 0. The number of allylic oxidation sites excluding steroid dienone is 4. The van der Waals surface area contributed by atoms with Crippen molar-refractivity contribution in [2.45, 2.75) is 12.5 Å². The highest BCUT2D eigenvalue weighted by Crippen LogP contribution is 2.23. The average Bonchev–Trinajstić information content (AvgIpc) is 2.62. The summed E-state index contributed by atoms with van der Waals surface area (Å²) in [6, 6.07) is 11.0. The standard InChI is InChI=1S/C16H15N/c1-2-6-14(7-3-1)15-9-10-16-8-4-5-12-17(16)13-11-15/h1-9,11-13,16H,10H2. The minimum absolute atomic E-state index is 0.470. The van der Waals surface area contributed by atoms with Gasteiger partial charge in [-0.3, -0.25) is 0 Å². The Morgan fingerprint density at radius 3 is 2.76 bits per heavy atom. The third-order valence-electron chi connectivity index (χ3n) is 3.20. The zero-order valence-electron chi connectivity index (χ0n) is 9.66. The second-order valence-electron chi connectivity index (χ2n) is 4.32. The Balaban J connectivity index is 1.91. The molecular weight excluding hydrogens is 206 g/mol. The van der Waals surface area contributed by atoms with Crippen LogP contribution in [0.2, 0.25) is 0 Å². The molecule has 0 amide bonds. The number of rotatable bonds is 1. The quantitative estimate of drug-likeness (QED) is 0.698. The first-order chi connectivity index (χ1) is 8.43. The Kier molecular flexibility index (Phi) is 2.66. The maximum atomic E-state index is 2.32. The maximum absolute atomic E-state index is 2.32. The maximum Gasteiger partial charge on any atom is 0.0548 e. The molecule has 2 aliphatic rings. The van der Waals surface area contributed by atoms with Crippen LogP contribution in [0.15, 0.2) is 73.1 Å². The molecule has 0 N–H and O–H groups in total. The zero-order chi connectivity index (χ0) is 11.5. The van der Waals surface area contributed by atoms with E-state index in [-0.39, 0.29) is 0 Å². The predicted molar refractivity (Wildman–Crippen MR) is 72.1 cm³/mol. The minimum Gasteiger partial charge on any atom is -0.347 e. The molecule has 0 aromatic heterocycles. The largest absolute Gasteiger partial charge is 0.347 e. The van der Waals surface area contributed by atoms with Gasteiger partial charge in [0, 0.05) is 12.4 Å². The van der Waals surface area contributed by atoms with Crippen LogP contribution >= 0.6 is 0 Å². The van der Waals surface area contributed by atoms with Gasteiger partial charge >= 0.3 is 0 Å². The fourth-order valence-electron chi connectivity index (χ4n) is 2.24. The van der Waals surface area contributed by atoms with Crippen molar-refractivity contribution in [2.75, 3.05) is 0 Å². The Morgan fingerprint density at radius 2 is 1.88 bits per heavy atom. The summed E-state index contributed by atoms with van der Waals surface area (Å²) >= 11 is 0. The lowest BCUT2D eigenvalue weighted by Gasteiger charge is -2.24. The first kappa shape index (κ1) is 10.2. The molecular formula is C16H15N. The molecule has 1 heteroatoms. The van der Waals surface area contributed by atoms with E-state index in [1.807, 2.05) is 0 Å². The lowest BCUT2D eigenvalue weighted by Crippen LogP contribution is -2.24. The van der Waals surface area contributed by atoms with Gasteiger partial charge in [0.25, 0.3) is 0 Å². The highest BCUT2D eigenvalue weighted by molar-refractivity contribution is 5.74. The number of nitrogens with zero attached hydrogens (tertiary/aromatic N) is 1. The molecule has 1 unspecified atom stereocenters. The van der Waals surface area contributed by atoms with Gasteiger partial charge in [-0.2, -0.15) is 0 Å². The molecule has 0 fully saturated rings. The zero-order valence-corrected chi connectivity index (χ0v) is 9.66. The molecule has 0 saturated heterocycles. The molecule has 0 saturated carbocycles. The molecule has 2 heterocycles. The van der Waals surface area contributed by atoms with Crippen LogP contribution in [-0.4, -0.2) is 10.9 Å². The molecule has 3 rings (SSSR count). The number of fused-ring (bicyclic) bond motifs is 1. The lowest BCUT2D eigenvalue weighted by atomic mass is 10.0. The predicted octanol–water partition coefficient (Wildman–Crippen LogP) is 3.74. The van der Waals surface area contributed by atoms with Gasteiger partial charge in [0.2, 0.25) is 0 Å². The summed E-state index contributed by atoms with van der Waals surface area (Å²) in [6.45, 7) is 0. The number of hydrogen-bond donors (Lipinski definition) is 0. The van der Waals surface area contributed by atoms with E-state index in [1.165, 1.54) is 11.1 Å². The molecule has 2 aliphatic heterocycles. The summed E-state index contributed by atoms with van der Waals surface area (Å²) < 4.78 is 0. The molecule has 84 valence electrons. The normalized spacial score (nSPS) is 22.0. The van der Waals surface area contributed by atoms with Crippen molar-refractivity contribution in [3.05, 3.63) is 78.7 Å². The van der Waals surface area contributed by atoms with Crippen LogP contribution in [-0.2, 0) is 0 Å². The lowest BCUT2D eigenvalue weighted by molar-refractivity contribution is 0.426. The van der Waals surface area contributed by atoms with E-state index in [9.17, 15) is 0 Å². The SMILES string of the molecule is C1=CC2CC=C(c3ccccc3)C=CN2C=C1. The first-order valence-corrected chi connectivity index (χ1v) is 6.00. The highest BCUT2D eigenvalue weighted by atomic mass is 15.1. The van der Waals surface area contributed by atoms with Gasteiger partial charge in [-0.05, 0) is 29.7 Å². The Bertz CT molecular complexity index is 506. The molecule has 0 spiro atoms. The van der Waals surface area contributed by atoms with Crippen LogP contribution in [0.4, 0.5) is 0 Å². The van der Waals surface area contributed by atoms with Gasteiger partial charge in [0.1, 0.15) is 0 Å². The van der Waals surface area contributed by atoms with Crippen LogP contribution in [0.3, 0.4) is 0 Å². The van der Waals surface area contributed by atoms with Crippen LogP contribution in [0.25, 0.3) is 5.57 Å². The van der Waals surface area contributed by atoms with Gasteiger partial charge in [0.15, 0.2) is 0 Å². The second-order valence-corrected chi connectivity index (χ2v) is 4.32. The van der Waals surface area contributed by atoms with E-state index in [0.717, 1.165) is 6.42 Å². The Hall–Kier alpha value is -2.02. The molecule has 0 aliphatic carbocycles. The molecule has 1 nitrogen and oxygen atoms in total. The summed E-state index contributed by atoms with van der Waals surface area (Å²) in [7, 11) is 0. The van der Waals surface area contributed by atoms with E-state index >= 15 is 0 Å². The fraction of sp³-hybridized carbons (Fsp3) is 0.125.